The maximum Gasteiger partial charge on any atom is 0.333 e. The standard InChI is InChI=1S/C13H16ClNO2/c1-9-4-5-11(8-12(9)14)15-7-6-10(2)13(16)17-3/h4-6,8,15H,7H2,1-3H3/b10-6+. The first kappa shape index (κ1) is 13.6. The summed E-state index contributed by atoms with van der Waals surface area (Å²) in [6, 6.07) is 5.75. The highest BCUT2D eigenvalue weighted by Crippen LogP contribution is 2.19. The Bertz CT molecular complexity index is 441. The van der Waals surface area contributed by atoms with Gasteiger partial charge in [-0.1, -0.05) is 23.7 Å². The van der Waals surface area contributed by atoms with Crippen molar-refractivity contribution < 1.29 is 9.53 Å². The van der Waals surface area contributed by atoms with Crippen molar-refractivity contribution in [2.24, 2.45) is 0 Å². The normalized spacial score (nSPS) is 11.2. The summed E-state index contributed by atoms with van der Waals surface area (Å²) >= 11 is 6.00. The molecule has 1 N–H and O–H groups in total. The van der Waals surface area contributed by atoms with E-state index in [2.05, 4.69) is 10.1 Å². The van der Waals surface area contributed by atoms with Gasteiger partial charge in [-0.3, -0.25) is 0 Å². The van der Waals surface area contributed by atoms with Crippen molar-refractivity contribution in [3.63, 3.8) is 0 Å². The number of rotatable bonds is 4. The van der Waals surface area contributed by atoms with Gasteiger partial charge >= 0.3 is 5.97 Å². The first-order valence-electron chi connectivity index (χ1n) is 5.29. The minimum absolute atomic E-state index is 0.311. The first-order chi connectivity index (χ1) is 8.04. The summed E-state index contributed by atoms with van der Waals surface area (Å²) in [5.74, 6) is -0.311. The fraction of sp³-hybridized carbons (Fsp3) is 0.308. The Kier molecular flexibility index (Phi) is 5.04. The lowest BCUT2D eigenvalue weighted by atomic mass is 10.2. The number of anilines is 1. The third-order valence-corrected chi connectivity index (χ3v) is 2.80. The molecule has 0 radical (unpaired) electrons. The Balaban J connectivity index is 2.56. The summed E-state index contributed by atoms with van der Waals surface area (Å²) in [7, 11) is 1.37. The minimum Gasteiger partial charge on any atom is -0.466 e. The van der Waals surface area contributed by atoms with E-state index in [1.807, 2.05) is 25.1 Å². The van der Waals surface area contributed by atoms with Gasteiger partial charge in [0.05, 0.1) is 7.11 Å². The molecule has 0 fully saturated rings. The van der Waals surface area contributed by atoms with Gasteiger partial charge in [-0.05, 0) is 31.5 Å². The second kappa shape index (κ2) is 6.30. The Hall–Kier alpha value is -1.48. The van der Waals surface area contributed by atoms with Crippen LogP contribution in [-0.4, -0.2) is 19.6 Å². The molecule has 3 nitrogen and oxygen atoms in total. The average Bonchev–Trinajstić information content (AvgIpc) is 2.32. The Morgan fingerprint density at radius 3 is 2.82 bits per heavy atom. The molecule has 0 aromatic heterocycles. The number of esters is 1. The minimum atomic E-state index is -0.311. The van der Waals surface area contributed by atoms with Crippen LogP contribution in [0.15, 0.2) is 29.8 Å². The maximum atomic E-state index is 11.1. The van der Waals surface area contributed by atoms with Crippen molar-refractivity contribution in [1.82, 2.24) is 0 Å². The number of halogens is 1. The number of nitrogens with one attached hydrogen (secondary N) is 1. The van der Waals surface area contributed by atoms with Gasteiger partial charge in [0.2, 0.25) is 0 Å². The molecule has 92 valence electrons. The van der Waals surface area contributed by atoms with Crippen LogP contribution >= 0.6 is 11.6 Å². The van der Waals surface area contributed by atoms with Gasteiger partial charge in [0.1, 0.15) is 0 Å². The Morgan fingerprint density at radius 2 is 2.24 bits per heavy atom. The Labute approximate surface area is 106 Å². The van der Waals surface area contributed by atoms with E-state index in [1.165, 1.54) is 7.11 Å². The van der Waals surface area contributed by atoms with Crippen molar-refractivity contribution in [2.75, 3.05) is 19.0 Å². The van der Waals surface area contributed by atoms with Crippen LogP contribution in [0.1, 0.15) is 12.5 Å². The molecule has 1 aromatic carbocycles. The lowest BCUT2D eigenvalue weighted by Crippen LogP contribution is -2.05. The van der Waals surface area contributed by atoms with Crippen LogP contribution in [0.4, 0.5) is 5.69 Å². The van der Waals surface area contributed by atoms with Crippen molar-refractivity contribution in [3.05, 3.63) is 40.4 Å². The van der Waals surface area contributed by atoms with E-state index in [4.69, 9.17) is 11.6 Å². The molecule has 4 heteroatoms. The molecule has 0 saturated heterocycles. The van der Waals surface area contributed by atoms with E-state index in [1.54, 1.807) is 13.0 Å². The van der Waals surface area contributed by atoms with Gasteiger partial charge < -0.3 is 10.1 Å². The number of benzene rings is 1. The molecule has 0 aliphatic rings. The van der Waals surface area contributed by atoms with Crippen LogP contribution in [0.5, 0.6) is 0 Å². The van der Waals surface area contributed by atoms with E-state index in [0.717, 1.165) is 16.3 Å². The van der Waals surface area contributed by atoms with Crippen LogP contribution in [-0.2, 0) is 9.53 Å². The number of aryl methyl sites for hydroxylation is 1. The maximum absolute atomic E-state index is 11.1. The molecule has 0 saturated carbocycles. The molecule has 17 heavy (non-hydrogen) atoms. The zero-order valence-corrected chi connectivity index (χ0v) is 11.0. The van der Waals surface area contributed by atoms with Crippen molar-refractivity contribution in [2.45, 2.75) is 13.8 Å². The summed E-state index contributed by atoms with van der Waals surface area (Å²) in [6.07, 6.45) is 1.78. The molecule has 0 aliphatic carbocycles. The van der Waals surface area contributed by atoms with Gasteiger partial charge in [0.15, 0.2) is 0 Å². The number of ether oxygens (including phenoxy) is 1. The zero-order valence-electron chi connectivity index (χ0n) is 10.2. The van der Waals surface area contributed by atoms with E-state index < -0.39 is 0 Å². The van der Waals surface area contributed by atoms with Crippen molar-refractivity contribution >= 4 is 23.3 Å². The van der Waals surface area contributed by atoms with Crippen molar-refractivity contribution in [1.29, 1.82) is 0 Å². The number of hydrogen-bond donors (Lipinski definition) is 1. The van der Waals surface area contributed by atoms with Crippen LogP contribution in [0.3, 0.4) is 0 Å². The molecule has 1 aromatic rings. The largest absolute Gasteiger partial charge is 0.466 e. The summed E-state index contributed by atoms with van der Waals surface area (Å²) < 4.78 is 4.59. The molecular weight excluding hydrogens is 238 g/mol. The molecule has 0 aliphatic heterocycles. The van der Waals surface area contributed by atoms with E-state index >= 15 is 0 Å². The number of methoxy groups -OCH3 is 1. The second-order valence-corrected chi connectivity index (χ2v) is 4.13. The summed E-state index contributed by atoms with van der Waals surface area (Å²) in [5, 5.41) is 3.88. The molecule has 0 unspecified atom stereocenters. The van der Waals surface area contributed by atoms with Crippen LogP contribution in [0.25, 0.3) is 0 Å². The summed E-state index contributed by atoms with van der Waals surface area (Å²) in [6.45, 7) is 4.23. The smallest absolute Gasteiger partial charge is 0.333 e. The average molecular weight is 254 g/mol. The molecule has 0 heterocycles. The van der Waals surface area contributed by atoms with Gasteiger partial charge in [-0.2, -0.15) is 0 Å². The lowest BCUT2D eigenvalue weighted by Gasteiger charge is -2.06. The highest BCUT2D eigenvalue weighted by Gasteiger charge is 2.01. The molecule has 0 amide bonds. The van der Waals surface area contributed by atoms with Gasteiger partial charge in [0.25, 0.3) is 0 Å². The molecular formula is C13H16ClNO2. The van der Waals surface area contributed by atoms with E-state index in [9.17, 15) is 4.79 Å². The van der Waals surface area contributed by atoms with Gasteiger partial charge in [0, 0.05) is 22.8 Å². The molecule has 0 atom stereocenters. The Morgan fingerprint density at radius 1 is 1.53 bits per heavy atom. The van der Waals surface area contributed by atoms with Gasteiger partial charge in [-0.25, -0.2) is 4.79 Å². The quantitative estimate of drug-likeness (QED) is 0.662. The highest BCUT2D eigenvalue weighted by molar-refractivity contribution is 6.31. The van der Waals surface area contributed by atoms with E-state index in [-0.39, 0.29) is 5.97 Å². The van der Waals surface area contributed by atoms with Crippen LogP contribution in [0.2, 0.25) is 5.02 Å². The highest BCUT2D eigenvalue weighted by atomic mass is 35.5. The van der Waals surface area contributed by atoms with Crippen molar-refractivity contribution in [3.8, 4) is 0 Å². The van der Waals surface area contributed by atoms with E-state index in [0.29, 0.717) is 12.1 Å². The number of carbonyl (C=O) groups excluding carboxylic acids is 1. The molecule has 1 rings (SSSR count). The number of hydrogen-bond acceptors (Lipinski definition) is 3. The fourth-order valence-corrected chi connectivity index (χ4v) is 1.45. The SMILES string of the molecule is COC(=O)/C(C)=C/CNc1ccc(C)c(Cl)c1. The zero-order chi connectivity index (χ0) is 12.8. The fourth-order valence-electron chi connectivity index (χ4n) is 1.27. The monoisotopic (exact) mass is 253 g/mol. The number of carbonyl (C=O) groups is 1. The second-order valence-electron chi connectivity index (χ2n) is 3.72. The van der Waals surface area contributed by atoms with Gasteiger partial charge in [-0.15, -0.1) is 0 Å². The summed E-state index contributed by atoms with van der Waals surface area (Å²) in [5.41, 5.74) is 2.55. The molecule has 0 spiro atoms. The first-order valence-corrected chi connectivity index (χ1v) is 5.67. The van der Waals surface area contributed by atoms with Crippen LogP contribution in [0, 0.1) is 6.92 Å². The third-order valence-electron chi connectivity index (χ3n) is 2.39. The topological polar surface area (TPSA) is 38.3 Å². The molecule has 0 bridgehead atoms. The summed E-state index contributed by atoms with van der Waals surface area (Å²) in [4.78, 5) is 11.1. The third kappa shape index (κ3) is 4.11. The predicted octanol–water partition coefficient (Wildman–Crippen LogP) is 3.18. The predicted molar refractivity (Wildman–Crippen MR) is 70.5 cm³/mol. The van der Waals surface area contributed by atoms with Crippen LogP contribution < -0.4 is 5.32 Å². The lowest BCUT2D eigenvalue weighted by molar-refractivity contribution is -0.136.